The van der Waals surface area contributed by atoms with Gasteiger partial charge >= 0.3 is 6.18 Å². The summed E-state index contributed by atoms with van der Waals surface area (Å²) in [6, 6.07) is 1.54. The lowest BCUT2D eigenvalue weighted by Crippen LogP contribution is -2.46. The molecule has 0 unspecified atom stereocenters. The summed E-state index contributed by atoms with van der Waals surface area (Å²) in [5, 5.41) is 9.75. The van der Waals surface area contributed by atoms with Gasteiger partial charge in [-0.2, -0.15) is 18.2 Å². The van der Waals surface area contributed by atoms with Gasteiger partial charge < -0.3 is 20.6 Å². The second-order valence-corrected chi connectivity index (χ2v) is 7.63. The summed E-state index contributed by atoms with van der Waals surface area (Å²) in [7, 11) is 0. The average Bonchev–Trinajstić information content (AvgIpc) is 2.65. The summed E-state index contributed by atoms with van der Waals surface area (Å²) >= 11 is 0. The van der Waals surface area contributed by atoms with E-state index in [2.05, 4.69) is 26.9 Å². The molecule has 2 aliphatic heterocycles. The lowest BCUT2D eigenvalue weighted by atomic mass is 10.0. The van der Waals surface area contributed by atoms with E-state index in [1.54, 1.807) is 0 Å². The van der Waals surface area contributed by atoms with Gasteiger partial charge in [0.2, 0.25) is 11.9 Å². The predicted molar refractivity (Wildman–Crippen MR) is 101 cm³/mol. The first-order valence-corrected chi connectivity index (χ1v) is 9.48. The van der Waals surface area contributed by atoms with E-state index in [4.69, 9.17) is 5.73 Å². The van der Waals surface area contributed by atoms with E-state index >= 15 is 0 Å². The fraction of sp³-hybridized carbons (Fsp3) is 0.556. The normalized spacial score (nSPS) is 18.8. The van der Waals surface area contributed by atoms with Gasteiger partial charge in [-0.25, -0.2) is 15.0 Å². The Bertz CT molecular complexity index is 894. The van der Waals surface area contributed by atoms with Gasteiger partial charge in [0.05, 0.1) is 11.8 Å². The summed E-state index contributed by atoms with van der Waals surface area (Å²) in [4.78, 5) is 20.0. The van der Waals surface area contributed by atoms with Crippen molar-refractivity contribution < 1.29 is 18.3 Å². The van der Waals surface area contributed by atoms with Gasteiger partial charge in [0.15, 0.2) is 5.69 Å². The highest BCUT2D eigenvalue weighted by Crippen LogP contribution is 2.37. The molecule has 4 rings (SSSR count). The van der Waals surface area contributed by atoms with Gasteiger partial charge in [-0.1, -0.05) is 6.92 Å². The van der Waals surface area contributed by atoms with E-state index in [0.29, 0.717) is 43.6 Å². The van der Waals surface area contributed by atoms with Crippen LogP contribution in [-0.2, 0) is 6.18 Å². The number of hydrogen-bond acceptors (Lipinski definition) is 8. The van der Waals surface area contributed by atoms with Crippen molar-refractivity contribution in [2.45, 2.75) is 32.0 Å². The van der Waals surface area contributed by atoms with Crippen molar-refractivity contribution in [2.24, 2.45) is 5.92 Å². The van der Waals surface area contributed by atoms with Gasteiger partial charge in [-0.05, 0) is 18.8 Å². The minimum atomic E-state index is -4.70. The average molecular weight is 409 g/mol. The minimum Gasteiger partial charge on any atom is -0.393 e. The van der Waals surface area contributed by atoms with Crippen LogP contribution in [0.2, 0.25) is 0 Å². The van der Waals surface area contributed by atoms with Crippen LogP contribution in [0, 0.1) is 5.92 Å². The maximum Gasteiger partial charge on any atom is 0.434 e. The molecule has 0 amide bonds. The van der Waals surface area contributed by atoms with Gasteiger partial charge in [0.25, 0.3) is 0 Å². The Morgan fingerprint density at radius 3 is 2.41 bits per heavy atom. The maximum absolute atomic E-state index is 13.6. The van der Waals surface area contributed by atoms with Crippen LogP contribution in [0.5, 0.6) is 0 Å². The fourth-order valence-electron chi connectivity index (χ4n) is 3.61. The summed E-state index contributed by atoms with van der Waals surface area (Å²) in [6.07, 6.45) is -2.91. The van der Waals surface area contributed by atoms with Crippen LogP contribution in [0.15, 0.2) is 12.3 Å². The zero-order valence-electron chi connectivity index (χ0n) is 15.9. The van der Waals surface area contributed by atoms with Gasteiger partial charge in [0.1, 0.15) is 5.82 Å². The third kappa shape index (κ3) is 4.04. The van der Waals surface area contributed by atoms with Crippen molar-refractivity contribution in [1.82, 2.24) is 19.9 Å². The van der Waals surface area contributed by atoms with Crippen LogP contribution in [0.3, 0.4) is 0 Å². The number of aliphatic hydroxyl groups is 1. The Labute approximate surface area is 165 Å². The van der Waals surface area contributed by atoms with E-state index in [9.17, 15) is 18.3 Å². The molecule has 3 N–H and O–H groups in total. The summed E-state index contributed by atoms with van der Waals surface area (Å²) in [5.41, 5.74) is 4.14. The molecule has 2 aromatic rings. The number of alkyl halides is 3. The number of hydrogen-bond donors (Lipinski definition) is 2. The molecule has 0 atom stereocenters. The molecule has 0 aliphatic carbocycles. The largest absolute Gasteiger partial charge is 0.434 e. The maximum atomic E-state index is 13.6. The highest BCUT2D eigenvalue weighted by atomic mass is 19.4. The number of aliphatic hydroxyl groups excluding tert-OH is 1. The topological polar surface area (TPSA) is 104 Å². The zero-order valence-corrected chi connectivity index (χ0v) is 15.9. The smallest absolute Gasteiger partial charge is 0.393 e. The predicted octanol–water partition coefficient (Wildman–Crippen LogP) is 1.95. The second-order valence-electron chi connectivity index (χ2n) is 7.63. The van der Waals surface area contributed by atoms with Crippen LogP contribution in [-0.4, -0.2) is 57.3 Å². The molecular weight excluding hydrogens is 387 g/mol. The molecule has 11 heteroatoms. The molecule has 156 valence electrons. The molecule has 29 heavy (non-hydrogen) atoms. The van der Waals surface area contributed by atoms with Crippen molar-refractivity contribution in [3.8, 4) is 11.3 Å². The first-order chi connectivity index (χ1) is 13.7. The van der Waals surface area contributed by atoms with Crippen molar-refractivity contribution in [3.63, 3.8) is 0 Å². The molecule has 0 saturated carbocycles. The molecule has 2 fully saturated rings. The Balaban J connectivity index is 1.79. The number of nitrogens with two attached hydrogens (primary N) is 1. The number of halogens is 3. The van der Waals surface area contributed by atoms with E-state index in [1.807, 2.05) is 9.80 Å². The highest BCUT2D eigenvalue weighted by Gasteiger charge is 2.37. The van der Waals surface area contributed by atoms with Gasteiger partial charge in [-0.3, -0.25) is 0 Å². The van der Waals surface area contributed by atoms with E-state index in [0.717, 1.165) is 19.3 Å². The fourth-order valence-corrected chi connectivity index (χ4v) is 3.61. The zero-order chi connectivity index (χ0) is 20.8. The number of rotatable bonds is 3. The van der Waals surface area contributed by atoms with Gasteiger partial charge in [0, 0.05) is 44.0 Å². The standard InChI is InChI=1S/C18H22F3N7O/c1-10-8-28(9-10)14-6-13(12-7-23-16(22)26-15(12)18(19,20)21)24-17(25-14)27-4-2-11(29)3-5-27/h6-7,10-11,29H,2-5,8-9H2,1H3,(H2,22,23,26). The van der Waals surface area contributed by atoms with E-state index in [-0.39, 0.29) is 17.4 Å². The summed E-state index contributed by atoms with van der Waals surface area (Å²) in [5.74, 6) is 0.956. The molecule has 8 nitrogen and oxygen atoms in total. The van der Waals surface area contributed by atoms with Crippen LogP contribution < -0.4 is 15.5 Å². The SMILES string of the molecule is CC1CN(c2cc(-c3cnc(N)nc3C(F)(F)F)nc(N3CCC(O)CC3)n2)C1. The second kappa shape index (κ2) is 7.29. The molecule has 2 saturated heterocycles. The molecule has 0 aromatic carbocycles. The summed E-state index contributed by atoms with van der Waals surface area (Å²) in [6.45, 7) is 4.72. The minimum absolute atomic E-state index is 0.100. The molecule has 0 radical (unpaired) electrons. The lowest BCUT2D eigenvalue weighted by molar-refractivity contribution is -0.140. The van der Waals surface area contributed by atoms with Crippen LogP contribution in [0.1, 0.15) is 25.5 Å². The number of anilines is 3. The van der Waals surface area contributed by atoms with Crippen molar-refractivity contribution in [1.29, 1.82) is 0 Å². The molecule has 2 aliphatic rings. The van der Waals surface area contributed by atoms with Crippen molar-refractivity contribution in [2.75, 3.05) is 41.7 Å². The molecule has 0 spiro atoms. The lowest BCUT2D eigenvalue weighted by Gasteiger charge is -2.39. The van der Waals surface area contributed by atoms with E-state index < -0.39 is 17.8 Å². The molecule has 4 heterocycles. The quantitative estimate of drug-likeness (QED) is 0.793. The van der Waals surface area contributed by atoms with Crippen LogP contribution in [0.25, 0.3) is 11.3 Å². The first-order valence-electron chi connectivity index (χ1n) is 9.48. The third-order valence-electron chi connectivity index (χ3n) is 5.19. The number of aromatic nitrogens is 4. The first kappa shape index (κ1) is 19.6. The Morgan fingerprint density at radius 1 is 1.10 bits per heavy atom. The van der Waals surface area contributed by atoms with Crippen molar-refractivity contribution >= 4 is 17.7 Å². The molecule has 0 bridgehead atoms. The monoisotopic (exact) mass is 409 g/mol. The molecular formula is C18H22F3N7O. The van der Waals surface area contributed by atoms with Crippen molar-refractivity contribution in [3.05, 3.63) is 18.0 Å². The number of nitrogens with zero attached hydrogens (tertiary/aromatic N) is 6. The Kier molecular flexibility index (Phi) is 4.93. The number of piperidine rings is 1. The van der Waals surface area contributed by atoms with E-state index in [1.165, 1.54) is 6.07 Å². The van der Waals surface area contributed by atoms with Gasteiger partial charge in [-0.15, -0.1) is 0 Å². The van der Waals surface area contributed by atoms with Crippen LogP contribution in [0.4, 0.5) is 30.9 Å². The summed E-state index contributed by atoms with van der Waals surface area (Å²) < 4.78 is 40.7. The highest BCUT2D eigenvalue weighted by molar-refractivity contribution is 5.68. The Morgan fingerprint density at radius 2 is 1.79 bits per heavy atom. The number of nitrogen functional groups attached to an aromatic ring is 1. The third-order valence-corrected chi connectivity index (χ3v) is 5.19. The Hall–Kier alpha value is -2.69. The van der Waals surface area contributed by atoms with Crippen LogP contribution >= 0.6 is 0 Å². The molecule has 2 aromatic heterocycles.